The van der Waals surface area contributed by atoms with Crippen LogP contribution in [0.4, 0.5) is 4.39 Å². The van der Waals surface area contributed by atoms with E-state index in [0.717, 1.165) is 43.3 Å². The van der Waals surface area contributed by atoms with Crippen LogP contribution in [0.25, 0.3) is 11.4 Å². The second-order valence-corrected chi connectivity index (χ2v) is 4.10. The summed E-state index contributed by atoms with van der Waals surface area (Å²) >= 11 is 0. The first-order valence-corrected chi connectivity index (χ1v) is 5.73. The van der Waals surface area contributed by atoms with Gasteiger partial charge in [-0.05, 0) is 12.1 Å². The van der Waals surface area contributed by atoms with E-state index in [9.17, 15) is 4.39 Å². The fraction of sp³-hybridized carbons (Fsp3) is 0.333. The zero-order chi connectivity index (χ0) is 11.7. The molecule has 0 fully saturated rings. The van der Waals surface area contributed by atoms with Gasteiger partial charge < -0.3 is 9.88 Å². The monoisotopic (exact) mass is 232 g/mol. The van der Waals surface area contributed by atoms with Gasteiger partial charge in [-0.25, -0.2) is 4.39 Å². The first-order valence-electron chi connectivity index (χ1n) is 5.73. The smallest absolute Gasteiger partial charge is 0.164 e. The molecule has 1 aliphatic rings. The molecule has 0 saturated carbocycles. The molecule has 0 aliphatic carbocycles. The van der Waals surface area contributed by atoms with Gasteiger partial charge in [0, 0.05) is 31.6 Å². The molecule has 0 unspecified atom stereocenters. The van der Waals surface area contributed by atoms with Crippen LogP contribution in [0.5, 0.6) is 0 Å². The molecule has 0 atom stereocenters. The van der Waals surface area contributed by atoms with Gasteiger partial charge in [-0.1, -0.05) is 12.1 Å². The molecule has 1 N–H and O–H groups in total. The number of nitrogens with one attached hydrogen (secondary N) is 1. The Bertz CT molecular complexity index is 535. The third-order valence-electron chi connectivity index (χ3n) is 2.95. The van der Waals surface area contributed by atoms with E-state index in [2.05, 4.69) is 20.1 Å². The Kier molecular flexibility index (Phi) is 2.60. The standard InChI is InChI=1S/C12H13FN4/c13-10-3-1-2-9(8-10)12-16-15-11-4-5-14-6-7-17(11)12/h1-3,8,14H,4-7H2. The van der Waals surface area contributed by atoms with Crippen LogP contribution in [-0.4, -0.2) is 27.9 Å². The molecule has 17 heavy (non-hydrogen) atoms. The predicted molar refractivity (Wildman–Crippen MR) is 62.0 cm³/mol. The van der Waals surface area contributed by atoms with Crippen molar-refractivity contribution in [2.75, 3.05) is 13.1 Å². The number of hydrogen-bond donors (Lipinski definition) is 1. The molecule has 0 radical (unpaired) electrons. The van der Waals surface area contributed by atoms with E-state index >= 15 is 0 Å². The van der Waals surface area contributed by atoms with Crippen LogP contribution < -0.4 is 5.32 Å². The van der Waals surface area contributed by atoms with Crippen molar-refractivity contribution < 1.29 is 4.39 Å². The minimum Gasteiger partial charge on any atom is -0.315 e. The minimum absolute atomic E-state index is 0.244. The molecule has 1 aromatic carbocycles. The van der Waals surface area contributed by atoms with Crippen molar-refractivity contribution in [3.63, 3.8) is 0 Å². The van der Waals surface area contributed by atoms with Crippen LogP contribution in [-0.2, 0) is 13.0 Å². The normalized spacial score (nSPS) is 15.4. The van der Waals surface area contributed by atoms with Crippen molar-refractivity contribution >= 4 is 0 Å². The molecular formula is C12H13FN4. The Morgan fingerprint density at radius 1 is 1.24 bits per heavy atom. The average Bonchev–Trinajstić information content (AvgIpc) is 2.59. The van der Waals surface area contributed by atoms with Gasteiger partial charge in [-0.15, -0.1) is 10.2 Å². The molecule has 0 spiro atoms. The summed E-state index contributed by atoms with van der Waals surface area (Å²) in [4.78, 5) is 0. The number of fused-ring (bicyclic) bond motifs is 1. The summed E-state index contributed by atoms with van der Waals surface area (Å²) in [5.41, 5.74) is 0.783. The van der Waals surface area contributed by atoms with Crippen LogP contribution >= 0.6 is 0 Å². The van der Waals surface area contributed by atoms with E-state index in [1.54, 1.807) is 6.07 Å². The highest BCUT2D eigenvalue weighted by atomic mass is 19.1. The highest BCUT2D eigenvalue weighted by molar-refractivity contribution is 5.55. The second-order valence-electron chi connectivity index (χ2n) is 4.10. The van der Waals surface area contributed by atoms with Gasteiger partial charge in [0.1, 0.15) is 11.6 Å². The van der Waals surface area contributed by atoms with Gasteiger partial charge in [0.15, 0.2) is 5.82 Å². The predicted octanol–water partition coefficient (Wildman–Crippen LogP) is 1.23. The zero-order valence-corrected chi connectivity index (χ0v) is 9.36. The summed E-state index contributed by atoms with van der Waals surface area (Å²) in [7, 11) is 0. The first-order chi connectivity index (χ1) is 8.34. The molecule has 1 aliphatic heterocycles. The maximum atomic E-state index is 13.2. The molecule has 0 amide bonds. The Labute approximate surface area is 98.5 Å². The van der Waals surface area contributed by atoms with Gasteiger partial charge in [0.25, 0.3) is 0 Å². The third-order valence-corrected chi connectivity index (χ3v) is 2.95. The van der Waals surface area contributed by atoms with Gasteiger partial charge in [0.05, 0.1) is 0 Å². The molecule has 0 bridgehead atoms. The van der Waals surface area contributed by atoms with Gasteiger partial charge in [0.2, 0.25) is 0 Å². The maximum Gasteiger partial charge on any atom is 0.164 e. The Morgan fingerprint density at radius 3 is 3.06 bits per heavy atom. The molecular weight excluding hydrogens is 219 g/mol. The summed E-state index contributed by atoms with van der Waals surface area (Å²) in [5.74, 6) is 1.48. The van der Waals surface area contributed by atoms with Gasteiger partial charge in [-0.3, -0.25) is 0 Å². The summed E-state index contributed by atoms with van der Waals surface area (Å²) in [5, 5.41) is 11.7. The number of aromatic nitrogens is 3. The Morgan fingerprint density at radius 2 is 2.18 bits per heavy atom. The first kappa shape index (κ1) is 10.4. The third kappa shape index (κ3) is 1.93. The molecule has 3 rings (SSSR count). The average molecular weight is 232 g/mol. The van der Waals surface area contributed by atoms with Gasteiger partial charge >= 0.3 is 0 Å². The van der Waals surface area contributed by atoms with Crippen LogP contribution in [0.3, 0.4) is 0 Å². The lowest BCUT2D eigenvalue weighted by Gasteiger charge is -2.06. The van der Waals surface area contributed by atoms with Crippen molar-refractivity contribution in [3.8, 4) is 11.4 Å². The lowest BCUT2D eigenvalue weighted by Crippen LogP contribution is -2.17. The quantitative estimate of drug-likeness (QED) is 0.804. The molecule has 5 heteroatoms. The van der Waals surface area contributed by atoms with Gasteiger partial charge in [-0.2, -0.15) is 0 Å². The van der Waals surface area contributed by atoms with Crippen molar-refractivity contribution in [2.24, 2.45) is 0 Å². The van der Waals surface area contributed by atoms with E-state index < -0.39 is 0 Å². The van der Waals surface area contributed by atoms with Crippen molar-refractivity contribution in [1.29, 1.82) is 0 Å². The largest absolute Gasteiger partial charge is 0.315 e. The molecule has 88 valence electrons. The van der Waals surface area contributed by atoms with E-state index in [0.29, 0.717) is 0 Å². The van der Waals surface area contributed by atoms with E-state index in [1.807, 2.05) is 6.07 Å². The highest BCUT2D eigenvalue weighted by Crippen LogP contribution is 2.19. The number of rotatable bonds is 1. The number of benzene rings is 1. The molecule has 4 nitrogen and oxygen atoms in total. The number of nitrogens with zero attached hydrogens (tertiary/aromatic N) is 3. The Balaban J connectivity index is 2.06. The van der Waals surface area contributed by atoms with Crippen molar-refractivity contribution in [2.45, 2.75) is 13.0 Å². The number of halogens is 1. The van der Waals surface area contributed by atoms with Crippen molar-refractivity contribution in [3.05, 3.63) is 35.9 Å². The van der Waals surface area contributed by atoms with Crippen LogP contribution in [0.2, 0.25) is 0 Å². The second kappa shape index (κ2) is 4.25. The molecule has 2 aromatic rings. The maximum absolute atomic E-state index is 13.2. The van der Waals surface area contributed by atoms with E-state index in [4.69, 9.17) is 0 Å². The number of hydrogen-bond acceptors (Lipinski definition) is 3. The van der Waals surface area contributed by atoms with E-state index in [1.165, 1.54) is 12.1 Å². The highest BCUT2D eigenvalue weighted by Gasteiger charge is 2.15. The minimum atomic E-state index is -0.244. The Hall–Kier alpha value is -1.75. The lowest BCUT2D eigenvalue weighted by molar-refractivity contribution is 0.626. The topological polar surface area (TPSA) is 42.7 Å². The van der Waals surface area contributed by atoms with Crippen LogP contribution in [0.1, 0.15) is 5.82 Å². The summed E-state index contributed by atoms with van der Waals surface area (Å²) in [6.07, 6.45) is 0.863. The lowest BCUT2D eigenvalue weighted by atomic mass is 10.2. The summed E-state index contributed by atoms with van der Waals surface area (Å²) in [6.45, 7) is 2.64. The van der Waals surface area contributed by atoms with Crippen LogP contribution in [0.15, 0.2) is 24.3 Å². The molecule has 2 heterocycles. The van der Waals surface area contributed by atoms with E-state index in [-0.39, 0.29) is 5.82 Å². The fourth-order valence-corrected chi connectivity index (χ4v) is 2.11. The zero-order valence-electron chi connectivity index (χ0n) is 9.36. The summed E-state index contributed by atoms with van der Waals surface area (Å²) < 4.78 is 15.3. The van der Waals surface area contributed by atoms with Crippen molar-refractivity contribution in [1.82, 2.24) is 20.1 Å². The summed E-state index contributed by atoms with van der Waals surface area (Å²) in [6, 6.07) is 6.49. The molecule has 0 saturated heterocycles. The molecule has 1 aromatic heterocycles. The SMILES string of the molecule is Fc1cccc(-c2nnc3n2CCNCC3)c1. The fourth-order valence-electron chi connectivity index (χ4n) is 2.11. The van der Waals surface area contributed by atoms with Crippen LogP contribution in [0, 0.1) is 5.82 Å².